The molecule has 0 aliphatic carbocycles. The lowest BCUT2D eigenvalue weighted by Gasteiger charge is -2.39. The van der Waals surface area contributed by atoms with E-state index in [0.29, 0.717) is 41.9 Å². The summed E-state index contributed by atoms with van der Waals surface area (Å²) in [6.45, 7) is 0.866. The van der Waals surface area contributed by atoms with Gasteiger partial charge in [-0.2, -0.15) is 10.4 Å². The first-order valence-corrected chi connectivity index (χ1v) is 11.3. The number of aromatic nitrogens is 4. The van der Waals surface area contributed by atoms with Gasteiger partial charge in [-0.3, -0.25) is 19.8 Å². The number of H-pyrrole nitrogens is 1. The summed E-state index contributed by atoms with van der Waals surface area (Å²) in [7, 11) is 1.57. The van der Waals surface area contributed by atoms with Crippen LogP contribution in [0.2, 0.25) is 0 Å². The Morgan fingerprint density at radius 2 is 2.09 bits per heavy atom. The van der Waals surface area contributed by atoms with E-state index < -0.39 is 0 Å². The van der Waals surface area contributed by atoms with Crippen LogP contribution in [0.3, 0.4) is 0 Å². The summed E-state index contributed by atoms with van der Waals surface area (Å²) in [4.78, 5) is 23.7. The highest BCUT2D eigenvalue weighted by Crippen LogP contribution is 2.37. The molecule has 0 radical (unpaired) electrons. The monoisotopic (exact) mass is 445 g/mol. The van der Waals surface area contributed by atoms with Crippen LogP contribution in [0.25, 0.3) is 10.9 Å². The Morgan fingerprint density at radius 1 is 1.27 bits per heavy atom. The number of carbonyl (C=O) groups excluding carboxylic acids is 1. The van der Waals surface area contributed by atoms with Crippen LogP contribution < -0.4 is 16.0 Å². The van der Waals surface area contributed by atoms with Crippen molar-refractivity contribution in [3.63, 3.8) is 0 Å². The summed E-state index contributed by atoms with van der Waals surface area (Å²) < 4.78 is 0. The molecule has 2 aliphatic rings. The number of nitriles is 1. The zero-order chi connectivity index (χ0) is 22.8. The molecule has 2 saturated heterocycles. The van der Waals surface area contributed by atoms with Crippen LogP contribution in [0, 0.1) is 11.3 Å². The Hall–Kier alpha value is -3.71. The topological polar surface area (TPSA) is 135 Å². The number of anilines is 3. The first kappa shape index (κ1) is 21.2. The lowest BCUT2D eigenvalue weighted by molar-refractivity contribution is 0.0958. The zero-order valence-corrected chi connectivity index (χ0v) is 18.5. The molecule has 3 atom stereocenters. The van der Waals surface area contributed by atoms with Gasteiger partial charge in [0, 0.05) is 61.9 Å². The van der Waals surface area contributed by atoms with Crippen LogP contribution in [0.5, 0.6) is 0 Å². The molecule has 10 nitrogen and oxygen atoms in total. The Bertz CT molecular complexity index is 1190. The van der Waals surface area contributed by atoms with Crippen LogP contribution in [-0.2, 0) is 0 Å². The normalized spacial score (nSPS) is 22.1. The van der Waals surface area contributed by atoms with Crippen molar-refractivity contribution >= 4 is 34.3 Å². The molecule has 5 rings (SSSR count). The fourth-order valence-electron chi connectivity index (χ4n) is 5.15. The molecule has 2 fully saturated rings. The third-order valence-corrected chi connectivity index (χ3v) is 6.61. The van der Waals surface area contributed by atoms with Gasteiger partial charge in [-0.15, -0.1) is 0 Å². The predicted molar refractivity (Wildman–Crippen MR) is 125 cm³/mol. The van der Waals surface area contributed by atoms with Gasteiger partial charge in [0.1, 0.15) is 17.3 Å². The SMILES string of the molecule is CNC(=O)c1cc(Nc2cc3ncccc3c(N[C@@H]3C[C@H]4CC[C@@H](C3)N4CCC#N)n2)n[nH]1. The first-order valence-electron chi connectivity index (χ1n) is 11.3. The average Bonchev–Trinajstić information content (AvgIpc) is 3.38. The second kappa shape index (κ2) is 9.03. The number of carbonyl (C=O) groups is 1. The van der Waals surface area contributed by atoms with E-state index in [1.807, 2.05) is 18.2 Å². The fourth-order valence-corrected chi connectivity index (χ4v) is 5.15. The average molecular weight is 446 g/mol. The molecule has 0 aromatic carbocycles. The second-order valence-corrected chi connectivity index (χ2v) is 8.64. The molecule has 2 aliphatic heterocycles. The first-order chi connectivity index (χ1) is 16.1. The zero-order valence-electron chi connectivity index (χ0n) is 18.5. The van der Waals surface area contributed by atoms with Crippen LogP contribution >= 0.6 is 0 Å². The number of amides is 1. The van der Waals surface area contributed by atoms with Crippen LogP contribution in [-0.4, -0.2) is 62.7 Å². The Morgan fingerprint density at radius 3 is 2.85 bits per heavy atom. The van der Waals surface area contributed by atoms with Crippen molar-refractivity contribution in [3.8, 4) is 6.07 Å². The summed E-state index contributed by atoms with van der Waals surface area (Å²) in [5, 5.41) is 26.3. The number of hydrogen-bond donors (Lipinski definition) is 4. The number of fused-ring (bicyclic) bond motifs is 3. The molecule has 3 aromatic heterocycles. The van der Waals surface area contributed by atoms with Gasteiger partial charge in [-0.1, -0.05) is 0 Å². The Labute approximate surface area is 191 Å². The summed E-state index contributed by atoms with van der Waals surface area (Å²) in [5.74, 6) is 1.67. The quantitative estimate of drug-likeness (QED) is 0.436. The van der Waals surface area contributed by atoms with E-state index in [0.717, 1.165) is 36.1 Å². The van der Waals surface area contributed by atoms with Gasteiger partial charge in [0.05, 0.1) is 11.6 Å². The van der Waals surface area contributed by atoms with Gasteiger partial charge in [0.25, 0.3) is 5.91 Å². The second-order valence-electron chi connectivity index (χ2n) is 8.64. The maximum absolute atomic E-state index is 11.8. The van der Waals surface area contributed by atoms with Crippen molar-refractivity contribution < 1.29 is 4.79 Å². The van der Waals surface area contributed by atoms with E-state index in [2.05, 4.69) is 42.1 Å². The summed E-state index contributed by atoms with van der Waals surface area (Å²) in [5.41, 5.74) is 1.20. The Kier molecular flexibility index (Phi) is 5.79. The minimum absolute atomic E-state index is 0.234. The largest absolute Gasteiger partial charge is 0.367 e. The molecule has 2 bridgehead atoms. The van der Waals surface area contributed by atoms with Crippen molar-refractivity contribution in [2.24, 2.45) is 0 Å². The van der Waals surface area contributed by atoms with Crippen molar-refractivity contribution in [1.29, 1.82) is 5.26 Å². The predicted octanol–water partition coefficient (Wildman–Crippen LogP) is 2.78. The van der Waals surface area contributed by atoms with E-state index in [1.54, 1.807) is 19.3 Å². The molecule has 0 unspecified atom stereocenters. The Balaban J connectivity index is 1.37. The number of piperidine rings is 1. The van der Waals surface area contributed by atoms with Crippen molar-refractivity contribution in [1.82, 2.24) is 30.4 Å². The molecular weight excluding hydrogens is 418 g/mol. The number of nitrogens with one attached hydrogen (secondary N) is 4. The van der Waals surface area contributed by atoms with E-state index in [9.17, 15) is 4.79 Å². The molecule has 0 saturated carbocycles. The van der Waals surface area contributed by atoms with Gasteiger partial charge in [0.2, 0.25) is 0 Å². The molecule has 10 heteroatoms. The molecule has 3 aromatic rings. The standard InChI is InChI=1S/C23H27N9O/c1-25-23(33)19-13-21(31-30-19)28-20-12-18-17(4-2-8-26-18)22(29-20)27-14-10-15-5-6-16(11-14)32(15)9-3-7-24/h2,4,8,12-16H,3,5-6,9-11H2,1H3,(H,25,33)(H3,27,28,29,30,31)/t14-,15-,16+. The highest BCUT2D eigenvalue weighted by Gasteiger charge is 2.40. The minimum atomic E-state index is -0.234. The number of aromatic amines is 1. The maximum Gasteiger partial charge on any atom is 0.269 e. The third kappa shape index (κ3) is 4.32. The maximum atomic E-state index is 11.8. The van der Waals surface area contributed by atoms with E-state index >= 15 is 0 Å². The molecular formula is C23H27N9O. The van der Waals surface area contributed by atoms with E-state index in [1.165, 1.54) is 12.8 Å². The van der Waals surface area contributed by atoms with E-state index in [-0.39, 0.29) is 5.91 Å². The highest BCUT2D eigenvalue weighted by atomic mass is 16.1. The molecule has 0 spiro atoms. The van der Waals surface area contributed by atoms with Crippen molar-refractivity contribution in [2.75, 3.05) is 24.2 Å². The molecule has 33 heavy (non-hydrogen) atoms. The summed E-state index contributed by atoms with van der Waals surface area (Å²) in [6, 6.07) is 11.1. The minimum Gasteiger partial charge on any atom is -0.367 e. The number of pyridine rings is 2. The molecule has 4 N–H and O–H groups in total. The van der Waals surface area contributed by atoms with Crippen LogP contribution in [0.1, 0.15) is 42.6 Å². The number of hydrogen-bond acceptors (Lipinski definition) is 8. The highest BCUT2D eigenvalue weighted by molar-refractivity contribution is 5.93. The molecule has 170 valence electrons. The van der Waals surface area contributed by atoms with Crippen molar-refractivity contribution in [2.45, 2.75) is 50.2 Å². The van der Waals surface area contributed by atoms with Gasteiger partial charge in [-0.25, -0.2) is 4.98 Å². The smallest absolute Gasteiger partial charge is 0.269 e. The van der Waals surface area contributed by atoms with Crippen molar-refractivity contribution in [3.05, 3.63) is 36.2 Å². The van der Waals surface area contributed by atoms with Gasteiger partial charge in [-0.05, 0) is 37.8 Å². The molecule has 5 heterocycles. The van der Waals surface area contributed by atoms with Gasteiger partial charge < -0.3 is 16.0 Å². The van der Waals surface area contributed by atoms with Crippen LogP contribution in [0.15, 0.2) is 30.5 Å². The van der Waals surface area contributed by atoms with Gasteiger partial charge in [0.15, 0.2) is 5.82 Å². The number of nitrogens with zero attached hydrogens (tertiary/aromatic N) is 5. The lowest BCUT2D eigenvalue weighted by atomic mass is 9.97. The summed E-state index contributed by atoms with van der Waals surface area (Å²) in [6.07, 6.45) is 6.82. The summed E-state index contributed by atoms with van der Waals surface area (Å²) >= 11 is 0. The third-order valence-electron chi connectivity index (χ3n) is 6.61. The lowest BCUT2D eigenvalue weighted by Crippen LogP contribution is -2.47. The van der Waals surface area contributed by atoms with Gasteiger partial charge >= 0.3 is 0 Å². The van der Waals surface area contributed by atoms with Crippen LogP contribution in [0.4, 0.5) is 17.5 Å². The fraction of sp³-hybridized carbons (Fsp3) is 0.435. The van der Waals surface area contributed by atoms with E-state index in [4.69, 9.17) is 10.2 Å². The molecule has 1 amide bonds. The number of rotatable bonds is 7.